The molecule has 2 nitrogen and oxygen atoms in total. The molecule has 3 rings (SSSR count). The molecule has 0 saturated heterocycles. The van der Waals surface area contributed by atoms with Crippen molar-refractivity contribution in [3.05, 3.63) is 52.6 Å². The topological polar surface area (TPSA) is 28.7 Å². The standard InChI is InChI=1S/C15H18N2/c1-10-8-11(2)12-4-3-5-13(14(12)9-10)15-16-6-7-17-15/h6-9,13H,3-5H2,1-2H3,(H,16,17). The second-order valence-corrected chi connectivity index (χ2v) is 5.07. The van der Waals surface area contributed by atoms with E-state index in [0.717, 1.165) is 5.82 Å². The van der Waals surface area contributed by atoms with E-state index in [2.05, 4.69) is 35.9 Å². The molecule has 0 radical (unpaired) electrons. The van der Waals surface area contributed by atoms with Gasteiger partial charge in [0.25, 0.3) is 0 Å². The first-order valence-corrected chi connectivity index (χ1v) is 6.35. The Morgan fingerprint density at radius 2 is 2.18 bits per heavy atom. The minimum Gasteiger partial charge on any atom is -0.348 e. The van der Waals surface area contributed by atoms with E-state index in [0.29, 0.717) is 5.92 Å². The van der Waals surface area contributed by atoms with Crippen LogP contribution in [-0.2, 0) is 6.42 Å². The number of benzene rings is 1. The highest BCUT2D eigenvalue weighted by Crippen LogP contribution is 2.37. The Balaban J connectivity index is 2.13. The van der Waals surface area contributed by atoms with E-state index in [-0.39, 0.29) is 0 Å². The molecular formula is C15H18N2. The Bertz CT molecular complexity index is 526. The van der Waals surface area contributed by atoms with Gasteiger partial charge >= 0.3 is 0 Å². The van der Waals surface area contributed by atoms with E-state index < -0.39 is 0 Å². The molecule has 1 atom stereocenters. The molecule has 0 amide bonds. The molecule has 0 saturated carbocycles. The van der Waals surface area contributed by atoms with Gasteiger partial charge in [-0.3, -0.25) is 0 Å². The first kappa shape index (κ1) is 10.6. The Hall–Kier alpha value is -1.57. The fourth-order valence-corrected chi connectivity index (χ4v) is 3.07. The molecule has 1 aromatic heterocycles. The van der Waals surface area contributed by atoms with Gasteiger partial charge in [0.2, 0.25) is 0 Å². The van der Waals surface area contributed by atoms with E-state index >= 15 is 0 Å². The van der Waals surface area contributed by atoms with Crippen LogP contribution in [0.1, 0.15) is 46.8 Å². The number of fused-ring (bicyclic) bond motifs is 1. The van der Waals surface area contributed by atoms with Crippen molar-refractivity contribution in [2.75, 3.05) is 0 Å². The number of nitrogens with zero attached hydrogens (tertiary/aromatic N) is 1. The summed E-state index contributed by atoms with van der Waals surface area (Å²) in [5.41, 5.74) is 5.84. The lowest BCUT2D eigenvalue weighted by Crippen LogP contribution is -2.14. The van der Waals surface area contributed by atoms with Crippen LogP contribution in [0.15, 0.2) is 24.5 Å². The van der Waals surface area contributed by atoms with Crippen molar-refractivity contribution in [1.82, 2.24) is 9.97 Å². The van der Waals surface area contributed by atoms with Crippen molar-refractivity contribution in [2.45, 2.75) is 39.0 Å². The monoisotopic (exact) mass is 226 g/mol. The zero-order valence-corrected chi connectivity index (χ0v) is 10.5. The second kappa shape index (κ2) is 4.02. The SMILES string of the molecule is Cc1cc(C)c2c(c1)C(c1ncc[nH]1)CCC2. The highest BCUT2D eigenvalue weighted by molar-refractivity contribution is 5.44. The number of aromatic amines is 1. The van der Waals surface area contributed by atoms with Crippen molar-refractivity contribution < 1.29 is 0 Å². The van der Waals surface area contributed by atoms with Gasteiger partial charge in [-0.1, -0.05) is 17.7 Å². The first-order chi connectivity index (χ1) is 8.25. The first-order valence-electron chi connectivity index (χ1n) is 6.35. The van der Waals surface area contributed by atoms with Gasteiger partial charge in [-0.05, 0) is 49.8 Å². The number of H-pyrrole nitrogens is 1. The molecule has 0 spiro atoms. The predicted molar refractivity (Wildman–Crippen MR) is 69.3 cm³/mol. The highest BCUT2D eigenvalue weighted by atomic mass is 14.9. The summed E-state index contributed by atoms with van der Waals surface area (Å²) in [6.07, 6.45) is 7.48. The molecule has 1 aliphatic rings. The van der Waals surface area contributed by atoms with Crippen LogP contribution >= 0.6 is 0 Å². The van der Waals surface area contributed by atoms with Gasteiger partial charge < -0.3 is 4.98 Å². The molecule has 1 heterocycles. The minimum absolute atomic E-state index is 0.465. The number of imidazole rings is 1. The smallest absolute Gasteiger partial charge is 0.113 e. The van der Waals surface area contributed by atoms with Crippen molar-refractivity contribution in [1.29, 1.82) is 0 Å². The quantitative estimate of drug-likeness (QED) is 0.792. The summed E-state index contributed by atoms with van der Waals surface area (Å²) in [5.74, 6) is 1.59. The Morgan fingerprint density at radius 3 is 2.94 bits per heavy atom. The normalized spacial score (nSPS) is 19.1. The van der Waals surface area contributed by atoms with Gasteiger partial charge in [0.15, 0.2) is 0 Å². The summed E-state index contributed by atoms with van der Waals surface area (Å²) < 4.78 is 0. The summed E-state index contributed by atoms with van der Waals surface area (Å²) in [6.45, 7) is 4.41. The lowest BCUT2D eigenvalue weighted by molar-refractivity contribution is 0.592. The average molecular weight is 226 g/mol. The summed E-state index contributed by atoms with van der Waals surface area (Å²) in [7, 11) is 0. The van der Waals surface area contributed by atoms with Crippen LogP contribution in [0.2, 0.25) is 0 Å². The molecule has 0 bridgehead atoms. The predicted octanol–water partition coefficient (Wildman–Crippen LogP) is 3.49. The average Bonchev–Trinajstić information content (AvgIpc) is 2.81. The molecule has 88 valence electrons. The highest BCUT2D eigenvalue weighted by Gasteiger charge is 2.24. The summed E-state index contributed by atoms with van der Waals surface area (Å²) >= 11 is 0. The number of aromatic nitrogens is 2. The summed E-state index contributed by atoms with van der Waals surface area (Å²) in [6, 6.07) is 4.64. The van der Waals surface area contributed by atoms with Crippen molar-refractivity contribution in [3.8, 4) is 0 Å². The van der Waals surface area contributed by atoms with Gasteiger partial charge in [-0.2, -0.15) is 0 Å². The molecule has 1 N–H and O–H groups in total. The fourth-order valence-electron chi connectivity index (χ4n) is 3.07. The van der Waals surface area contributed by atoms with E-state index in [9.17, 15) is 0 Å². The third kappa shape index (κ3) is 1.78. The zero-order valence-electron chi connectivity index (χ0n) is 10.5. The molecule has 2 heteroatoms. The lowest BCUT2D eigenvalue weighted by atomic mass is 9.79. The van der Waals surface area contributed by atoms with Crippen molar-refractivity contribution >= 4 is 0 Å². The number of rotatable bonds is 1. The number of hydrogen-bond donors (Lipinski definition) is 1. The fraction of sp³-hybridized carbons (Fsp3) is 0.400. The van der Waals surface area contributed by atoms with E-state index in [1.54, 1.807) is 5.56 Å². The van der Waals surface area contributed by atoms with Crippen LogP contribution in [0.25, 0.3) is 0 Å². The molecule has 0 aliphatic heterocycles. The van der Waals surface area contributed by atoms with Gasteiger partial charge in [0.1, 0.15) is 5.82 Å². The maximum absolute atomic E-state index is 4.44. The van der Waals surface area contributed by atoms with E-state index in [1.807, 2.05) is 12.4 Å². The summed E-state index contributed by atoms with van der Waals surface area (Å²) in [4.78, 5) is 7.72. The zero-order chi connectivity index (χ0) is 11.8. The number of aryl methyl sites for hydroxylation is 2. The Kier molecular flexibility index (Phi) is 2.50. The van der Waals surface area contributed by atoms with Crippen LogP contribution in [0.5, 0.6) is 0 Å². The van der Waals surface area contributed by atoms with Crippen molar-refractivity contribution in [2.24, 2.45) is 0 Å². The molecule has 1 unspecified atom stereocenters. The molecule has 1 aromatic carbocycles. The molecular weight excluding hydrogens is 208 g/mol. The summed E-state index contributed by atoms with van der Waals surface area (Å²) in [5, 5.41) is 0. The molecule has 0 fully saturated rings. The maximum atomic E-state index is 4.44. The van der Waals surface area contributed by atoms with Crippen LogP contribution in [0, 0.1) is 13.8 Å². The number of nitrogens with one attached hydrogen (secondary N) is 1. The van der Waals surface area contributed by atoms with Crippen LogP contribution < -0.4 is 0 Å². The maximum Gasteiger partial charge on any atom is 0.113 e. The third-order valence-electron chi connectivity index (χ3n) is 3.80. The van der Waals surface area contributed by atoms with Crippen molar-refractivity contribution in [3.63, 3.8) is 0 Å². The molecule has 2 aromatic rings. The molecule has 17 heavy (non-hydrogen) atoms. The van der Waals surface area contributed by atoms with E-state index in [1.165, 1.54) is 36.0 Å². The van der Waals surface area contributed by atoms with Crippen LogP contribution in [0.4, 0.5) is 0 Å². The Morgan fingerprint density at radius 1 is 1.29 bits per heavy atom. The van der Waals surface area contributed by atoms with E-state index in [4.69, 9.17) is 0 Å². The van der Waals surface area contributed by atoms with Gasteiger partial charge in [-0.15, -0.1) is 0 Å². The van der Waals surface area contributed by atoms with Gasteiger partial charge in [0.05, 0.1) is 0 Å². The largest absolute Gasteiger partial charge is 0.348 e. The molecule has 1 aliphatic carbocycles. The minimum atomic E-state index is 0.465. The lowest BCUT2D eigenvalue weighted by Gasteiger charge is -2.26. The van der Waals surface area contributed by atoms with Crippen LogP contribution in [-0.4, -0.2) is 9.97 Å². The second-order valence-electron chi connectivity index (χ2n) is 5.07. The Labute approximate surface area is 102 Å². The van der Waals surface area contributed by atoms with Gasteiger partial charge in [0, 0.05) is 18.3 Å². The van der Waals surface area contributed by atoms with Crippen LogP contribution in [0.3, 0.4) is 0 Å². The third-order valence-corrected chi connectivity index (χ3v) is 3.80. The van der Waals surface area contributed by atoms with Gasteiger partial charge in [-0.25, -0.2) is 4.98 Å². The number of hydrogen-bond acceptors (Lipinski definition) is 1.